The number of aromatic nitrogens is 2. The number of hydrogen-bond acceptors (Lipinski definition) is 8. The number of nitrogens with one attached hydrogen (secondary N) is 1. The minimum absolute atomic E-state index is 0.120. The number of thiazole rings is 1. The lowest BCUT2D eigenvalue weighted by molar-refractivity contribution is -0.118. The summed E-state index contributed by atoms with van der Waals surface area (Å²) in [6.07, 6.45) is 5.33. The van der Waals surface area contributed by atoms with Crippen LogP contribution in [-0.4, -0.2) is 80.8 Å². The van der Waals surface area contributed by atoms with Gasteiger partial charge in [0.1, 0.15) is 10.3 Å². The Labute approximate surface area is 264 Å². The molecule has 2 aromatic heterocycles. The van der Waals surface area contributed by atoms with E-state index in [1.807, 2.05) is 45.4 Å². The third-order valence-electron chi connectivity index (χ3n) is 8.91. The Hall–Kier alpha value is -3.38. The van der Waals surface area contributed by atoms with Gasteiger partial charge in [0.15, 0.2) is 5.13 Å². The summed E-state index contributed by atoms with van der Waals surface area (Å²) < 4.78 is 28.1. The van der Waals surface area contributed by atoms with Gasteiger partial charge < -0.3 is 15.1 Å². The highest BCUT2D eigenvalue weighted by atomic mass is 32.2. The molecule has 9 nitrogen and oxygen atoms in total. The van der Waals surface area contributed by atoms with Gasteiger partial charge in [0, 0.05) is 51.5 Å². The summed E-state index contributed by atoms with van der Waals surface area (Å²) in [5.74, 6) is -0.0488. The Balaban J connectivity index is 1.21. The monoisotopic (exact) mass is 632 g/mol. The van der Waals surface area contributed by atoms with Crippen molar-refractivity contribution in [3.8, 4) is 11.3 Å². The van der Waals surface area contributed by atoms with Crippen LogP contribution in [0, 0.1) is 5.92 Å². The van der Waals surface area contributed by atoms with Crippen molar-refractivity contribution in [1.82, 2.24) is 19.2 Å². The van der Waals surface area contributed by atoms with Gasteiger partial charge in [-0.1, -0.05) is 61.3 Å². The van der Waals surface area contributed by atoms with Crippen LogP contribution in [0.25, 0.3) is 21.6 Å². The van der Waals surface area contributed by atoms with Crippen molar-refractivity contribution >= 4 is 48.4 Å². The topological polar surface area (TPSA) is 98.7 Å². The second-order valence-electron chi connectivity index (χ2n) is 12.2. The van der Waals surface area contributed by atoms with Crippen LogP contribution in [0.4, 0.5) is 10.8 Å². The predicted molar refractivity (Wildman–Crippen MR) is 178 cm³/mol. The standard InChI is InChI=1S/C33H40N6O3S2/c1-37(2)26-12-8-25(9-13-26)29-16-17-30-32(34-29)43-33(35-30)36-31(40)28(22-23-6-4-5-7-23)24-10-14-27(15-11-24)44(41,42)39-20-18-38(3)19-21-39/h8-17,23,28H,4-7,18-22H2,1-3H3,(H,35,36,40). The Morgan fingerprint density at radius 1 is 0.955 bits per heavy atom. The van der Waals surface area contributed by atoms with Crippen LogP contribution < -0.4 is 10.2 Å². The number of sulfonamides is 1. The number of amides is 1. The van der Waals surface area contributed by atoms with E-state index in [0.29, 0.717) is 37.2 Å². The van der Waals surface area contributed by atoms with Crippen molar-refractivity contribution < 1.29 is 13.2 Å². The number of benzene rings is 2. The van der Waals surface area contributed by atoms with Gasteiger partial charge in [-0.3, -0.25) is 4.79 Å². The molecule has 1 unspecified atom stereocenters. The lowest BCUT2D eigenvalue weighted by Gasteiger charge is -2.31. The third kappa shape index (κ3) is 6.66. The number of anilines is 2. The molecule has 2 aliphatic rings. The molecule has 1 saturated heterocycles. The molecule has 232 valence electrons. The lowest BCUT2D eigenvalue weighted by Crippen LogP contribution is -2.47. The number of rotatable bonds is 9. The van der Waals surface area contributed by atoms with Gasteiger partial charge in [-0.15, -0.1) is 0 Å². The molecule has 44 heavy (non-hydrogen) atoms. The van der Waals surface area contributed by atoms with E-state index in [0.717, 1.165) is 52.1 Å². The van der Waals surface area contributed by atoms with Gasteiger partial charge in [-0.05, 0) is 61.3 Å². The van der Waals surface area contributed by atoms with Crippen molar-refractivity contribution in [2.75, 3.05) is 57.5 Å². The third-order valence-corrected chi connectivity index (χ3v) is 11.7. The number of hydrogen-bond donors (Lipinski definition) is 1. The van der Waals surface area contributed by atoms with Gasteiger partial charge in [0.2, 0.25) is 15.9 Å². The van der Waals surface area contributed by atoms with Crippen molar-refractivity contribution in [3.05, 3.63) is 66.2 Å². The number of nitrogens with zero attached hydrogens (tertiary/aromatic N) is 5. The van der Waals surface area contributed by atoms with Crippen molar-refractivity contribution in [1.29, 1.82) is 0 Å². The van der Waals surface area contributed by atoms with Crippen LogP contribution in [0.3, 0.4) is 0 Å². The fourth-order valence-electron chi connectivity index (χ4n) is 6.18. The molecular formula is C33H40N6O3S2. The summed E-state index contributed by atoms with van der Waals surface area (Å²) in [4.78, 5) is 28.5. The van der Waals surface area contributed by atoms with E-state index in [1.165, 1.54) is 24.2 Å². The first-order valence-electron chi connectivity index (χ1n) is 15.3. The van der Waals surface area contributed by atoms with Crippen LogP contribution in [0.1, 0.15) is 43.6 Å². The molecule has 1 atom stereocenters. The first kappa shape index (κ1) is 30.6. The molecule has 0 bridgehead atoms. The average molecular weight is 633 g/mol. The summed E-state index contributed by atoms with van der Waals surface area (Å²) in [5, 5.41) is 3.59. The second kappa shape index (κ2) is 12.9. The molecule has 3 heterocycles. The van der Waals surface area contributed by atoms with Gasteiger partial charge in [0.25, 0.3) is 0 Å². The van der Waals surface area contributed by atoms with E-state index in [2.05, 4.69) is 44.4 Å². The van der Waals surface area contributed by atoms with E-state index in [9.17, 15) is 13.2 Å². The summed E-state index contributed by atoms with van der Waals surface area (Å²) in [6, 6.07) is 19.1. The summed E-state index contributed by atoms with van der Waals surface area (Å²) >= 11 is 1.37. The molecule has 1 N–H and O–H groups in total. The Morgan fingerprint density at radius 2 is 1.64 bits per heavy atom. The molecule has 11 heteroatoms. The number of pyridine rings is 1. The molecule has 1 aliphatic heterocycles. The normalized spacial score (nSPS) is 17.6. The first-order chi connectivity index (χ1) is 21.2. The SMILES string of the molecule is CN1CCN(S(=O)(=O)c2ccc(C(CC3CCCC3)C(=O)Nc3nc4ccc(-c5ccc(N(C)C)cc5)nc4s3)cc2)CC1. The predicted octanol–water partition coefficient (Wildman–Crippen LogP) is 5.66. The van der Waals surface area contributed by atoms with Crippen LogP contribution in [0.15, 0.2) is 65.6 Å². The largest absolute Gasteiger partial charge is 0.378 e. The molecular weight excluding hydrogens is 593 g/mol. The minimum Gasteiger partial charge on any atom is -0.378 e. The van der Waals surface area contributed by atoms with E-state index in [4.69, 9.17) is 4.98 Å². The molecule has 4 aromatic rings. The van der Waals surface area contributed by atoms with Gasteiger partial charge in [0.05, 0.1) is 16.5 Å². The van der Waals surface area contributed by atoms with E-state index < -0.39 is 15.9 Å². The highest BCUT2D eigenvalue weighted by Gasteiger charge is 2.30. The number of likely N-dealkylation sites (N-methyl/N-ethyl adjacent to an activating group) is 1. The van der Waals surface area contributed by atoms with Crippen molar-refractivity contribution in [3.63, 3.8) is 0 Å². The fraction of sp³-hybridized carbons (Fsp3) is 0.424. The van der Waals surface area contributed by atoms with Gasteiger partial charge in [-0.25, -0.2) is 18.4 Å². The molecule has 1 aliphatic carbocycles. The Bertz CT molecular complexity index is 1710. The number of carbonyl (C=O) groups is 1. The molecule has 0 radical (unpaired) electrons. The highest BCUT2D eigenvalue weighted by Crippen LogP contribution is 2.36. The molecule has 0 spiro atoms. The summed E-state index contributed by atoms with van der Waals surface area (Å²) in [5.41, 5.74) is 4.57. The summed E-state index contributed by atoms with van der Waals surface area (Å²) in [6.45, 7) is 2.39. The van der Waals surface area contributed by atoms with Gasteiger partial charge in [-0.2, -0.15) is 4.31 Å². The zero-order valence-corrected chi connectivity index (χ0v) is 27.2. The Morgan fingerprint density at radius 3 is 2.30 bits per heavy atom. The summed E-state index contributed by atoms with van der Waals surface area (Å²) in [7, 11) is 2.45. The van der Waals surface area contributed by atoms with Crippen LogP contribution in [0.2, 0.25) is 0 Å². The zero-order valence-electron chi connectivity index (χ0n) is 25.6. The van der Waals surface area contributed by atoms with Crippen LogP contribution >= 0.6 is 11.3 Å². The fourth-order valence-corrected chi connectivity index (χ4v) is 8.44. The van der Waals surface area contributed by atoms with Crippen LogP contribution in [-0.2, 0) is 14.8 Å². The van der Waals surface area contributed by atoms with Crippen molar-refractivity contribution in [2.24, 2.45) is 5.92 Å². The minimum atomic E-state index is -3.57. The highest BCUT2D eigenvalue weighted by molar-refractivity contribution is 7.89. The molecule has 2 fully saturated rings. The molecule has 1 saturated carbocycles. The maximum Gasteiger partial charge on any atom is 0.243 e. The van der Waals surface area contributed by atoms with Gasteiger partial charge >= 0.3 is 0 Å². The average Bonchev–Trinajstić information content (AvgIpc) is 3.69. The van der Waals surface area contributed by atoms with E-state index in [-0.39, 0.29) is 10.8 Å². The zero-order chi connectivity index (χ0) is 30.8. The maximum atomic E-state index is 13.8. The number of piperazine rings is 1. The van der Waals surface area contributed by atoms with Crippen molar-refractivity contribution in [2.45, 2.75) is 42.9 Å². The number of fused-ring (bicyclic) bond motifs is 1. The lowest BCUT2D eigenvalue weighted by atomic mass is 9.87. The maximum absolute atomic E-state index is 13.8. The molecule has 2 aromatic carbocycles. The molecule has 1 amide bonds. The quantitative estimate of drug-likeness (QED) is 0.254. The molecule has 6 rings (SSSR count). The smallest absolute Gasteiger partial charge is 0.243 e. The second-order valence-corrected chi connectivity index (χ2v) is 15.1. The van der Waals surface area contributed by atoms with E-state index >= 15 is 0 Å². The first-order valence-corrected chi connectivity index (χ1v) is 17.6. The number of carbonyl (C=O) groups excluding carboxylic acids is 1. The van der Waals surface area contributed by atoms with Crippen LogP contribution in [0.5, 0.6) is 0 Å². The Kier molecular flexibility index (Phi) is 9.00. The van der Waals surface area contributed by atoms with E-state index in [1.54, 1.807) is 16.4 Å².